The molecule has 1 aliphatic rings. The maximum absolute atomic E-state index is 14.4. The van der Waals surface area contributed by atoms with Gasteiger partial charge in [-0.1, -0.05) is 18.2 Å². The molecular weight excluding hydrogens is 470 g/mol. The number of anilines is 2. The molecule has 3 amide bonds. The van der Waals surface area contributed by atoms with Gasteiger partial charge in [-0.3, -0.25) is 14.9 Å². The van der Waals surface area contributed by atoms with Crippen molar-refractivity contribution in [2.45, 2.75) is 11.8 Å². The van der Waals surface area contributed by atoms with Gasteiger partial charge in [-0.2, -0.15) is 13.2 Å². The molecule has 0 saturated heterocycles. The number of ether oxygens (including phenoxy) is 1. The number of nitrogens with one attached hydrogen (secondary N) is 3. The summed E-state index contributed by atoms with van der Waals surface area (Å²) >= 11 is 0. The Bertz CT molecular complexity index is 1280. The molecule has 35 heavy (non-hydrogen) atoms. The van der Waals surface area contributed by atoms with Crippen LogP contribution in [0, 0.1) is 5.82 Å². The topological polar surface area (TPSA) is 96.5 Å². The lowest BCUT2D eigenvalue weighted by Gasteiger charge is -2.39. The van der Waals surface area contributed by atoms with Gasteiger partial charge in [0, 0.05) is 22.4 Å². The predicted octanol–water partition coefficient (Wildman–Crippen LogP) is 4.83. The van der Waals surface area contributed by atoms with E-state index in [1.165, 1.54) is 24.3 Å². The highest BCUT2D eigenvalue weighted by Gasteiger charge is 2.62. The number of amides is 3. The van der Waals surface area contributed by atoms with Crippen LogP contribution in [0.3, 0.4) is 0 Å². The van der Waals surface area contributed by atoms with E-state index in [-0.39, 0.29) is 22.5 Å². The van der Waals surface area contributed by atoms with Crippen LogP contribution in [0.4, 0.5) is 33.7 Å². The van der Waals surface area contributed by atoms with Gasteiger partial charge in [-0.15, -0.1) is 0 Å². The van der Waals surface area contributed by atoms with Crippen molar-refractivity contribution in [3.05, 3.63) is 95.3 Å². The zero-order valence-corrected chi connectivity index (χ0v) is 17.8. The van der Waals surface area contributed by atoms with Gasteiger partial charge >= 0.3 is 12.3 Å². The van der Waals surface area contributed by atoms with Crippen LogP contribution in [-0.2, 0) is 10.3 Å². The van der Waals surface area contributed by atoms with Crippen molar-refractivity contribution in [1.82, 2.24) is 5.32 Å². The zero-order chi connectivity index (χ0) is 25.2. The van der Waals surface area contributed by atoms with Gasteiger partial charge in [0.1, 0.15) is 5.82 Å². The first kappa shape index (κ1) is 23.7. The molecule has 1 aliphatic heterocycles. The van der Waals surface area contributed by atoms with Gasteiger partial charge in [0.25, 0.3) is 17.4 Å². The highest BCUT2D eigenvalue weighted by molar-refractivity contribution is 6.04. The van der Waals surface area contributed by atoms with Gasteiger partial charge in [0.05, 0.1) is 12.2 Å². The summed E-state index contributed by atoms with van der Waals surface area (Å²) in [6.07, 6.45) is -6.52. The Morgan fingerprint density at radius 1 is 0.914 bits per heavy atom. The SMILES string of the molecule is O=C1Nc2ccc(NC(=O)c3ccccc3)cc2C(CNC(=O)c2ccc(F)cc2)(C(F)(F)F)O1. The van der Waals surface area contributed by atoms with E-state index in [1.807, 2.05) is 0 Å². The summed E-state index contributed by atoms with van der Waals surface area (Å²) < 4.78 is 61.1. The maximum Gasteiger partial charge on any atom is 0.434 e. The third-order valence-electron chi connectivity index (χ3n) is 5.31. The number of rotatable bonds is 5. The number of carbonyl (C=O) groups excluding carboxylic acids is 3. The maximum atomic E-state index is 14.4. The number of benzene rings is 3. The van der Waals surface area contributed by atoms with Crippen molar-refractivity contribution in [2.24, 2.45) is 0 Å². The molecule has 0 spiro atoms. The minimum atomic E-state index is -5.16. The molecule has 0 saturated carbocycles. The number of hydrogen-bond acceptors (Lipinski definition) is 4. The fraction of sp³-hybridized carbons (Fsp3) is 0.125. The Labute approximate surface area is 196 Å². The molecule has 3 aromatic carbocycles. The Morgan fingerprint density at radius 2 is 1.57 bits per heavy atom. The van der Waals surface area contributed by atoms with Crippen LogP contribution >= 0.6 is 0 Å². The minimum absolute atomic E-state index is 0.0100. The first-order chi connectivity index (χ1) is 16.6. The van der Waals surface area contributed by atoms with Crippen molar-refractivity contribution in [3.8, 4) is 0 Å². The summed E-state index contributed by atoms with van der Waals surface area (Å²) in [4.78, 5) is 36.9. The minimum Gasteiger partial charge on any atom is -0.426 e. The van der Waals surface area contributed by atoms with Crippen molar-refractivity contribution < 1.29 is 36.7 Å². The summed E-state index contributed by atoms with van der Waals surface area (Å²) in [6, 6.07) is 15.7. The quantitative estimate of drug-likeness (QED) is 0.450. The molecule has 7 nitrogen and oxygen atoms in total. The highest BCUT2D eigenvalue weighted by Crippen LogP contribution is 2.48. The van der Waals surface area contributed by atoms with E-state index in [0.29, 0.717) is 0 Å². The third kappa shape index (κ3) is 4.79. The van der Waals surface area contributed by atoms with E-state index in [0.717, 1.165) is 30.3 Å². The van der Waals surface area contributed by atoms with Crippen LogP contribution in [0.1, 0.15) is 26.3 Å². The Morgan fingerprint density at radius 3 is 2.23 bits per heavy atom. The summed E-state index contributed by atoms with van der Waals surface area (Å²) in [5.41, 5.74) is -3.78. The van der Waals surface area contributed by atoms with E-state index in [1.54, 1.807) is 18.2 Å². The predicted molar refractivity (Wildman–Crippen MR) is 117 cm³/mol. The summed E-state index contributed by atoms with van der Waals surface area (Å²) in [6.45, 7) is -1.16. The lowest BCUT2D eigenvalue weighted by atomic mass is 9.89. The third-order valence-corrected chi connectivity index (χ3v) is 5.31. The molecule has 0 aromatic heterocycles. The number of fused-ring (bicyclic) bond motifs is 1. The van der Waals surface area contributed by atoms with Crippen molar-refractivity contribution >= 4 is 29.3 Å². The van der Waals surface area contributed by atoms with Crippen LogP contribution in [0.25, 0.3) is 0 Å². The molecule has 0 aliphatic carbocycles. The van der Waals surface area contributed by atoms with Crippen molar-refractivity contribution in [2.75, 3.05) is 17.2 Å². The summed E-state index contributed by atoms with van der Waals surface area (Å²) in [5.74, 6) is -2.12. The highest BCUT2D eigenvalue weighted by atomic mass is 19.4. The summed E-state index contributed by atoms with van der Waals surface area (Å²) in [5, 5.41) is 6.81. The average molecular weight is 487 g/mol. The first-order valence-corrected chi connectivity index (χ1v) is 10.2. The Hall–Kier alpha value is -4.41. The second-order valence-electron chi connectivity index (χ2n) is 7.61. The fourth-order valence-electron chi connectivity index (χ4n) is 3.56. The number of hydrogen-bond donors (Lipinski definition) is 3. The molecule has 1 atom stereocenters. The molecule has 3 aromatic rings. The van der Waals surface area contributed by atoms with Crippen molar-refractivity contribution in [3.63, 3.8) is 0 Å². The second kappa shape index (κ2) is 9.09. The average Bonchev–Trinajstić information content (AvgIpc) is 2.82. The van der Waals surface area contributed by atoms with Gasteiger partial charge in [-0.25, -0.2) is 9.18 Å². The van der Waals surface area contributed by atoms with E-state index >= 15 is 0 Å². The first-order valence-electron chi connectivity index (χ1n) is 10.2. The monoisotopic (exact) mass is 487 g/mol. The number of cyclic esters (lactones) is 1. The largest absolute Gasteiger partial charge is 0.434 e. The molecule has 1 heterocycles. The van der Waals surface area contributed by atoms with Crippen LogP contribution in [0.5, 0.6) is 0 Å². The lowest BCUT2D eigenvalue weighted by molar-refractivity contribution is -0.261. The molecule has 1 unspecified atom stereocenters. The molecule has 0 bridgehead atoms. The molecule has 11 heteroatoms. The van der Waals surface area contributed by atoms with Crippen molar-refractivity contribution in [1.29, 1.82) is 0 Å². The lowest BCUT2D eigenvalue weighted by Crippen LogP contribution is -2.56. The van der Waals surface area contributed by atoms with Gasteiger partial charge < -0.3 is 15.4 Å². The van der Waals surface area contributed by atoms with Crippen LogP contribution in [-0.4, -0.2) is 30.6 Å². The smallest absolute Gasteiger partial charge is 0.426 e. The van der Waals surface area contributed by atoms with Crippen LogP contribution < -0.4 is 16.0 Å². The van der Waals surface area contributed by atoms with E-state index in [9.17, 15) is 31.9 Å². The van der Waals surface area contributed by atoms with Crippen LogP contribution in [0.15, 0.2) is 72.8 Å². The van der Waals surface area contributed by atoms with E-state index < -0.39 is 47.6 Å². The van der Waals surface area contributed by atoms with Gasteiger partial charge in [0.2, 0.25) is 0 Å². The Kier molecular flexibility index (Phi) is 6.16. The standard InChI is InChI=1S/C24H17F4N3O4/c25-16-8-6-15(7-9-16)20(32)29-13-23(24(26,27)28)18-12-17(10-11-19(18)31-22(34)35-23)30-21(33)14-4-2-1-3-5-14/h1-12H,13H2,(H,29,32)(H,30,33)(H,31,34). The van der Waals surface area contributed by atoms with E-state index in [2.05, 4.69) is 16.0 Å². The van der Waals surface area contributed by atoms with Gasteiger partial charge in [0.15, 0.2) is 0 Å². The van der Waals surface area contributed by atoms with E-state index in [4.69, 9.17) is 4.74 Å². The number of alkyl halides is 3. The molecule has 180 valence electrons. The zero-order valence-electron chi connectivity index (χ0n) is 17.8. The second-order valence-corrected chi connectivity index (χ2v) is 7.61. The molecule has 0 fully saturated rings. The van der Waals surface area contributed by atoms with Crippen LogP contribution in [0.2, 0.25) is 0 Å². The van der Waals surface area contributed by atoms with Gasteiger partial charge in [-0.05, 0) is 54.6 Å². The number of halogens is 4. The number of carbonyl (C=O) groups is 3. The molecular formula is C24H17F4N3O4. The molecule has 0 radical (unpaired) electrons. The molecule has 4 rings (SSSR count). The fourth-order valence-corrected chi connectivity index (χ4v) is 3.56. The summed E-state index contributed by atoms with van der Waals surface area (Å²) in [7, 11) is 0. The normalized spacial score (nSPS) is 17.0. The Balaban J connectivity index is 1.68. The molecule has 3 N–H and O–H groups in total.